The number of carboxylic acid groups (broad SMARTS) is 1. The Morgan fingerprint density at radius 3 is 2.21 bits per heavy atom. The standard InChI is InChI=1S/C19H36O5/c1-3-4-5-6-7-8-9-14-19(2,24)15-13-17(21)16(20)11-10-12-18(22)23/h13,15-17,20-21,24H,3-12,14H2,1-2H3,(H,22,23)/b15-13+. The van der Waals surface area contributed by atoms with Gasteiger partial charge in [0.1, 0.15) is 0 Å². The number of hydrogen-bond donors (Lipinski definition) is 4. The van der Waals surface area contributed by atoms with Gasteiger partial charge in [0, 0.05) is 6.42 Å². The Balaban J connectivity index is 3.95. The molecule has 0 aromatic carbocycles. The molecule has 4 N–H and O–H groups in total. The largest absolute Gasteiger partial charge is 0.481 e. The van der Waals surface area contributed by atoms with Crippen molar-refractivity contribution in [2.75, 3.05) is 0 Å². The summed E-state index contributed by atoms with van der Waals surface area (Å²) in [6.45, 7) is 3.89. The van der Waals surface area contributed by atoms with E-state index in [2.05, 4.69) is 6.92 Å². The van der Waals surface area contributed by atoms with Crippen LogP contribution in [0.4, 0.5) is 0 Å². The summed E-state index contributed by atoms with van der Waals surface area (Å²) in [5, 5.41) is 38.4. The van der Waals surface area contributed by atoms with Crippen LogP contribution in [0, 0.1) is 0 Å². The van der Waals surface area contributed by atoms with Gasteiger partial charge in [-0.05, 0) is 26.2 Å². The van der Waals surface area contributed by atoms with Gasteiger partial charge in [-0.15, -0.1) is 0 Å². The van der Waals surface area contributed by atoms with Crippen LogP contribution in [-0.4, -0.2) is 44.2 Å². The minimum atomic E-state index is -1.08. The summed E-state index contributed by atoms with van der Waals surface area (Å²) in [4.78, 5) is 10.4. The van der Waals surface area contributed by atoms with Crippen LogP contribution in [0.3, 0.4) is 0 Å². The molecule has 3 atom stereocenters. The fourth-order valence-corrected chi connectivity index (χ4v) is 2.59. The van der Waals surface area contributed by atoms with Crippen molar-refractivity contribution in [2.24, 2.45) is 0 Å². The van der Waals surface area contributed by atoms with Crippen LogP contribution < -0.4 is 0 Å². The summed E-state index contributed by atoms with van der Waals surface area (Å²) in [7, 11) is 0. The van der Waals surface area contributed by atoms with Crippen LogP contribution in [0.1, 0.15) is 84.5 Å². The average molecular weight is 344 g/mol. The molecule has 0 aromatic heterocycles. The molecule has 142 valence electrons. The highest BCUT2D eigenvalue weighted by Gasteiger charge is 2.18. The summed E-state index contributed by atoms with van der Waals surface area (Å²) < 4.78 is 0. The van der Waals surface area contributed by atoms with E-state index < -0.39 is 23.8 Å². The van der Waals surface area contributed by atoms with Crippen molar-refractivity contribution in [2.45, 2.75) is 102 Å². The van der Waals surface area contributed by atoms with Crippen LogP contribution in [-0.2, 0) is 4.79 Å². The van der Waals surface area contributed by atoms with Gasteiger partial charge in [0.15, 0.2) is 0 Å². The molecule has 24 heavy (non-hydrogen) atoms. The van der Waals surface area contributed by atoms with E-state index in [0.29, 0.717) is 12.8 Å². The Labute approximate surface area is 146 Å². The maximum absolute atomic E-state index is 10.4. The third-order valence-electron chi connectivity index (χ3n) is 4.22. The molecule has 0 aliphatic heterocycles. The smallest absolute Gasteiger partial charge is 0.303 e. The first-order valence-corrected chi connectivity index (χ1v) is 9.28. The van der Waals surface area contributed by atoms with Gasteiger partial charge >= 0.3 is 5.97 Å². The number of hydrogen-bond acceptors (Lipinski definition) is 4. The second kappa shape index (κ2) is 13.4. The fraction of sp³-hybridized carbons (Fsp3) is 0.842. The van der Waals surface area contributed by atoms with Gasteiger partial charge in [0.05, 0.1) is 17.8 Å². The lowest BCUT2D eigenvalue weighted by atomic mass is 9.95. The Morgan fingerprint density at radius 2 is 1.62 bits per heavy atom. The van der Waals surface area contributed by atoms with E-state index in [-0.39, 0.29) is 12.8 Å². The predicted molar refractivity (Wildman–Crippen MR) is 95.9 cm³/mol. The van der Waals surface area contributed by atoms with Gasteiger partial charge in [0.25, 0.3) is 0 Å². The van der Waals surface area contributed by atoms with Crippen LogP contribution >= 0.6 is 0 Å². The lowest BCUT2D eigenvalue weighted by molar-refractivity contribution is -0.137. The molecule has 3 unspecified atom stereocenters. The molecule has 0 saturated heterocycles. The van der Waals surface area contributed by atoms with Gasteiger partial charge in [-0.1, -0.05) is 64.0 Å². The predicted octanol–water partition coefficient (Wildman–Crippen LogP) is 3.41. The summed E-state index contributed by atoms with van der Waals surface area (Å²) in [5.74, 6) is -0.912. The first-order chi connectivity index (χ1) is 11.3. The highest BCUT2D eigenvalue weighted by Crippen LogP contribution is 2.18. The van der Waals surface area contributed by atoms with Crippen LogP contribution in [0.15, 0.2) is 12.2 Å². The first-order valence-electron chi connectivity index (χ1n) is 9.28. The molecule has 0 heterocycles. The summed E-state index contributed by atoms with van der Waals surface area (Å²) >= 11 is 0. The van der Waals surface area contributed by atoms with E-state index in [9.17, 15) is 20.1 Å². The Morgan fingerprint density at radius 1 is 1.04 bits per heavy atom. The summed E-state index contributed by atoms with van der Waals surface area (Å²) in [6.07, 6.45) is 10.2. The fourth-order valence-electron chi connectivity index (χ4n) is 2.59. The summed E-state index contributed by atoms with van der Waals surface area (Å²) in [5.41, 5.74) is -0.995. The van der Waals surface area contributed by atoms with Crippen LogP contribution in [0.2, 0.25) is 0 Å². The van der Waals surface area contributed by atoms with E-state index in [4.69, 9.17) is 5.11 Å². The van der Waals surface area contributed by atoms with Crippen molar-refractivity contribution in [3.63, 3.8) is 0 Å². The van der Waals surface area contributed by atoms with Crippen molar-refractivity contribution in [3.05, 3.63) is 12.2 Å². The molecule has 0 bridgehead atoms. The number of aliphatic carboxylic acids is 1. The van der Waals surface area contributed by atoms with E-state index in [1.807, 2.05) is 0 Å². The van der Waals surface area contributed by atoms with Crippen molar-refractivity contribution >= 4 is 5.97 Å². The van der Waals surface area contributed by atoms with E-state index in [0.717, 1.165) is 12.8 Å². The minimum Gasteiger partial charge on any atom is -0.481 e. The molecule has 0 aliphatic carbocycles. The highest BCUT2D eigenvalue weighted by atomic mass is 16.4. The normalized spacial score (nSPS) is 16.9. The topological polar surface area (TPSA) is 98.0 Å². The number of carboxylic acids is 1. The van der Waals surface area contributed by atoms with E-state index >= 15 is 0 Å². The lowest BCUT2D eigenvalue weighted by Gasteiger charge is -2.20. The second-order valence-corrected chi connectivity index (χ2v) is 6.93. The van der Waals surface area contributed by atoms with Gasteiger partial charge < -0.3 is 20.4 Å². The molecule has 0 radical (unpaired) electrons. The zero-order chi connectivity index (χ0) is 18.4. The maximum atomic E-state index is 10.4. The molecule has 0 saturated carbocycles. The number of aliphatic hydroxyl groups is 3. The third-order valence-corrected chi connectivity index (χ3v) is 4.22. The van der Waals surface area contributed by atoms with E-state index in [1.54, 1.807) is 6.92 Å². The SMILES string of the molecule is CCCCCCCCCC(C)(O)/C=C/C(O)C(O)CCCC(=O)O. The van der Waals surface area contributed by atoms with Gasteiger partial charge in [-0.3, -0.25) is 4.79 Å². The number of aliphatic hydroxyl groups excluding tert-OH is 2. The van der Waals surface area contributed by atoms with Crippen molar-refractivity contribution in [1.29, 1.82) is 0 Å². The molecule has 5 nitrogen and oxygen atoms in total. The molecule has 0 amide bonds. The molecular weight excluding hydrogens is 308 g/mol. The first kappa shape index (κ1) is 23.1. The Bertz CT molecular complexity index is 352. The van der Waals surface area contributed by atoms with Crippen LogP contribution in [0.5, 0.6) is 0 Å². The molecule has 0 spiro atoms. The maximum Gasteiger partial charge on any atom is 0.303 e. The molecule has 5 heteroatoms. The summed E-state index contributed by atoms with van der Waals surface area (Å²) in [6, 6.07) is 0. The monoisotopic (exact) mass is 344 g/mol. The molecule has 0 aromatic rings. The second-order valence-electron chi connectivity index (χ2n) is 6.93. The van der Waals surface area contributed by atoms with Gasteiger partial charge in [0.2, 0.25) is 0 Å². The zero-order valence-electron chi connectivity index (χ0n) is 15.3. The molecule has 0 aliphatic rings. The quantitative estimate of drug-likeness (QED) is 0.270. The number of rotatable bonds is 15. The highest BCUT2D eigenvalue weighted by molar-refractivity contribution is 5.66. The van der Waals surface area contributed by atoms with Gasteiger partial charge in [-0.25, -0.2) is 0 Å². The number of unbranched alkanes of at least 4 members (excludes halogenated alkanes) is 6. The van der Waals surface area contributed by atoms with E-state index in [1.165, 1.54) is 44.3 Å². The van der Waals surface area contributed by atoms with Gasteiger partial charge in [-0.2, -0.15) is 0 Å². The van der Waals surface area contributed by atoms with Crippen molar-refractivity contribution in [1.82, 2.24) is 0 Å². The zero-order valence-corrected chi connectivity index (χ0v) is 15.3. The third kappa shape index (κ3) is 13.5. The minimum absolute atomic E-state index is 0.0243. The number of carbonyl (C=O) groups is 1. The molecule has 0 rings (SSSR count). The van der Waals surface area contributed by atoms with Crippen LogP contribution in [0.25, 0.3) is 0 Å². The molecule has 0 fully saturated rings. The van der Waals surface area contributed by atoms with Crippen molar-refractivity contribution < 1.29 is 25.2 Å². The Kier molecular flexibility index (Phi) is 12.9. The lowest BCUT2D eigenvalue weighted by Crippen LogP contribution is -2.26. The van der Waals surface area contributed by atoms with Crippen molar-refractivity contribution in [3.8, 4) is 0 Å². The Hall–Kier alpha value is -0.910. The average Bonchev–Trinajstić information content (AvgIpc) is 2.51. The molecular formula is C19H36O5.